The van der Waals surface area contributed by atoms with E-state index >= 15 is 0 Å². The fourth-order valence-corrected chi connectivity index (χ4v) is 3.98. The number of halogens is 1. The van der Waals surface area contributed by atoms with E-state index < -0.39 is 15.8 Å². The van der Waals surface area contributed by atoms with Crippen LogP contribution < -0.4 is 10.0 Å². The van der Waals surface area contributed by atoms with E-state index in [1.54, 1.807) is 42.7 Å². The van der Waals surface area contributed by atoms with Crippen LogP contribution in [0.1, 0.15) is 5.56 Å². The van der Waals surface area contributed by atoms with Crippen LogP contribution >= 0.6 is 0 Å². The van der Waals surface area contributed by atoms with Crippen molar-refractivity contribution < 1.29 is 17.6 Å². The molecule has 0 bridgehead atoms. The molecule has 3 N–H and O–H groups in total. The number of hydrogen-bond donors (Lipinski definition) is 3. The topological polar surface area (TPSA) is 104 Å². The summed E-state index contributed by atoms with van der Waals surface area (Å²) in [5.41, 5.74) is 3.35. The van der Waals surface area contributed by atoms with Gasteiger partial charge in [-0.05, 0) is 60.2 Å². The molecule has 0 unspecified atom stereocenters. The highest BCUT2D eigenvalue weighted by Crippen LogP contribution is 2.19. The summed E-state index contributed by atoms with van der Waals surface area (Å²) in [4.78, 5) is 19.4. The molecule has 152 valence electrons. The number of aromatic nitrogens is 2. The van der Waals surface area contributed by atoms with Crippen LogP contribution in [0.5, 0.6) is 0 Å². The number of amides is 1. The van der Waals surface area contributed by atoms with Crippen molar-refractivity contribution in [2.24, 2.45) is 0 Å². The SMILES string of the molecule is O=C(Cc1ccc(NS(=O)(=O)c2ccc(F)cc2)cc1)Nc1ccc2nc[nH]c2c1. The van der Waals surface area contributed by atoms with Crippen molar-refractivity contribution in [2.75, 3.05) is 10.0 Å². The maximum Gasteiger partial charge on any atom is 0.261 e. The molecule has 0 aliphatic carbocycles. The molecule has 4 aromatic rings. The Morgan fingerprint density at radius 3 is 2.40 bits per heavy atom. The molecule has 0 spiro atoms. The fourth-order valence-electron chi connectivity index (χ4n) is 2.92. The average molecular weight is 424 g/mol. The lowest BCUT2D eigenvalue weighted by Crippen LogP contribution is -2.15. The van der Waals surface area contributed by atoms with Crippen molar-refractivity contribution in [3.05, 3.63) is 84.4 Å². The highest BCUT2D eigenvalue weighted by atomic mass is 32.2. The average Bonchev–Trinajstić information content (AvgIpc) is 3.17. The molecule has 0 radical (unpaired) electrons. The Balaban J connectivity index is 1.39. The van der Waals surface area contributed by atoms with Crippen molar-refractivity contribution >= 4 is 38.3 Å². The van der Waals surface area contributed by atoms with Gasteiger partial charge in [-0.15, -0.1) is 0 Å². The molecule has 0 saturated carbocycles. The fraction of sp³-hybridized carbons (Fsp3) is 0.0476. The molecule has 4 rings (SSSR count). The van der Waals surface area contributed by atoms with Gasteiger partial charge >= 0.3 is 0 Å². The van der Waals surface area contributed by atoms with Crippen LogP contribution in [0.15, 0.2) is 78.0 Å². The molecule has 0 atom stereocenters. The Morgan fingerprint density at radius 1 is 0.967 bits per heavy atom. The number of carbonyl (C=O) groups excluding carboxylic acids is 1. The molecular formula is C21H17FN4O3S. The standard InChI is InChI=1S/C21H17FN4O3S/c22-15-3-8-18(9-4-15)30(28,29)26-16-5-1-14(2-6-16)11-21(27)25-17-7-10-19-20(12-17)24-13-23-19/h1-10,12-13,26H,11H2,(H,23,24)(H,25,27). The lowest BCUT2D eigenvalue weighted by Gasteiger charge is -2.09. The normalized spacial score (nSPS) is 11.4. The van der Waals surface area contributed by atoms with Gasteiger partial charge in [-0.3, -0.25) is 9.52 Å². The number of imidazole rings is 1. The summed E-state index contributed by atoms with van der Waals surface area (Å²) >= 11 is 0. The van der Waals surface area contributed by atoms with Crippen LogP contribution in [0.3, 0.4) is 0 Å². The summed E-state index contributed by atoms with van der Waals surface area (Å²) in [6, 6.07) is 16.4. The van der Waals surface area contributed by atoms with Crippen LogP contribution in [-0.2, 0) is 21.2 Å². The van der Waals surface area contributed by atoms with Gasteiger partial charge in [-0.1, -0.05) is 12.1 Å². The number of fused-ring (bicyclic) bond motifs is 1. The number of aromatic amines is 1. The maximum absolute atomic E-state index is 13.0. The minimum atomic E-state index is -3.82. The van der Waals surface area contributed by atoms with Gasteiger partial charge in [0.15, 0.2) is 0 Å². The Kier molecular flexibility index (Phi) is 5.20. The molecule has 1 heterocycles. The molecule has 9 heteroatoms. The van der Waals surface area contributed by atoms with Crippen molar-refractivity contribution in [3.8, 4) is 0 Å². The van der Waals surface area contributed by atoms with Crippen LogP contribution in [-0.4, -0.2) is 24.3 Å². The van der Waals surface area contributed by atoms with Gasteiger partial charge in [0.2, 0.25) is 5.91 Å². The summed E-state index contributed by atoms with van der Waals surface area (Å²) in [6.07, 6.45) is 1.72. The highest BCUT2D eigenvalue weighted by Gasteiger charge is 2.14. The molecule has 0 aliphatic rings. The number of H-pyrrole nitrogens is 1. The zero-order valence-electron chi connectivity index (χ0n) is 15.6. The number of benzene rings is 3. The zero-order chi connectivity index (χ0) is 21.1. The largest absolute Gasteiger partial charge is 0.345 e. The number of sulfonamides is 1. The Labute approximate surface area is 172 Å². The predicted octanol–water partition coefficient (Wildman–Crippen LogP) is 3.68. The van der Waals surface area contributed by atoms with Crippen molar-refractivity contribution in [1.82, 2.24) is 9.97 Å². The number of hydrogen-bond acceptors (Lipinski definition) is 4. The number of carbonyl (C=O) groups is 1. The second kappa shape index (κ2) is 7.96. The Hall–Kier alpha value is -3.72. The van der Waals surface area contributed by atoms with E-state index in [0.717, 1.165) is 28.7 Å². The molecule has 0 fully saturated rings. The molecule has 0 aliphatic heterocycles. The molecular weight excluding hydrogens is 407 g/mol. The first-order chi connectivity index (χ1) is 14.4. The minimum absolute atomic E-state index is 0.0402. The van der Waals surface area contributed by atoms with E-state index in [-0.39, 0.29) is 17.2 Å². The van der Waals surface area contributed by atoms with Gasteiger partial charge in [0.05, 0.1) is 28.7 Å². The molecule has 1 amide bonds. The van der Waals surface area contributed by atoms with Crippen LogP contribution in [0.4, 0.5) is 15.8 Å². The van der Waals surface area contributed by atoms with Gasteiger partial charge in [0.25, 0.3) is 10.0 Å². The molecule has 3 aromatic carbocycles. The van der Waals surface area contributed by atoms with Crippen LogP contribution in [0, 0.1) is 5.82 Å². The summed E-state index contributed by atoms with van der Waals surface area (Å²) in [5.74, 6) is -0.713. The van der Waals surface area contributed by atoms with E-state index in [4.69, 9.17) is 0 Å². The predicted molar refractivity (Wildman–Crippen MR) is 112 cm³/mol. The van der Waals surface area contributed by atoms with Gasteiger partial charge in [0, 0.05) is 11.4 Å². The zero-order valence-corrected chi connectivity index (χ0v) is 16.4. The van der Waals surface area contributed by atoms with Crippen LogP contribution in [0.25, 0.3) is 11.0 Å². The lowest BCUT2D eigenvalue weighted by atomic mass is 10.1. The summed E-state index contributed by atoms with van der Waals surface area (Å²) in [5, 5.41) is 2.82. The smallest absolute Gasteiger partial charge is 0.261 e. The van der Waals surface area contributed by atoms with E-state index in [9.17, 15) is 17.6 Å². The monoisotopic (exact) mass is 424 g/mol. The number of rotatable bonds is 6. The quantitative estimate of drug-likeness (QED) is 0.439. The molecule has 0 saturated heterocycles. The number of nitrogens with zero attached hydrogens (tertiary/aromatic N) is 1. The first-order valence-corrected chi connectivity index (χ1v) is 10.5. The number of nitrogens with one attached hydrogen (secondary N) is 3. The Bertz CT molecular complexity index is 1300. The first kappa shape index (κ1) is 19.6. The van der Waals surface area contributed by atoms with E-state index in [1.807, 2.05) is 6.07 Å². The second-order valence-electron chi connectivity index (χ2n) is 6.62. The summed E-state index contributed by atoms with van der Waals surface area (Å²) in [6.45, 7) is 0. The third kappa shape index (κ3) is 4.47. The molecule has 1 aromatic heterocycles. The Morgan fingerprint density at radius 2 is 1.67 bits per heavy atom. The number of anilines is 2. The second-order valence-corrected chi connectivity index (χ2v) is 8.30. The first-order valence-electron chi connectivity index (χ1n) is 8.99. The van der Waals surface area contributed by atoms with Crippen molar-refractivity contribution in [1.29, 1.82) is 0 Å². The van der Waals surface area contributed by atoms with Gasteiger partial charge < -0.3 is 10.3 Å². The minimum Gasteiger partial charge on any atom is -0.345 e. The van der Waals surface area contributed by atoms with Gasteiger partial charge in [-0.2, -0.15) is 0 Å². The van der Waals surface area contributed by atoms with E-state index in [1.165, 1.54) is 12.1 Å². The lowest BCUT2D eigenvalue weighted by molar-refractivity contribution is -0.115. The molecule has 30 heavy (non-hydrogen) atoms. The highest BCUT2D eigenvalue weighted by molar-refractivity contribution is 7.92. The van der Waals surface area contributed by atoms with Crippen molar-refractivity contribution in [3.63, 3.8) is 0 Å². The summed E-state index contributed by atoms with van der Waals surface area (Å²) < 4.78 is 40.1. The van der Waals surface area contributed by atoms with E-state index in [0.29, 0.717) is 11.4 Å². The summed E-state index contributed by atoms with van der Waals surface area (Å²) in [7, 11) is -3.82. The van der Waals surface area contributed by atoms with Crippen LogP contribution in [0.2, 0.25) is 0 Å². The molecule has 7 nitrogen and oxygen atoms in total. The maximum atomic E-state index is 13.0. The third-order valence-electron chi connectivity index (χ3n) is 4.40. The van der Waals surface area contributed by atoms with Gasteiger partial charge in [0.1, 0.15) is 5.82 Å². The van der Waals surface area contributed by atoms with Gasteiger partial charge in [-0.25, -0.2) is 17.8 Å². The van der Waals surface area contributed by atoms with Crippen molar-refractivity contribution in [2.45, 2.75) is 11.3 Å². The third-order valence-corrected chi connectivity index (χ3v) is 5.80. The van der Waals surface area contributed by atoms with E-state index in [2.05, 4.69) is 20.0 Å².